The molecule has 0 radical (unpaired) electrons. The molecule has 0 unspecified atom stereocenters. The van der Waals surface area contributed by atoms with Crippen LogP contribution < -0.4 is 5.32 Å². The van der Waals surface area contributed by atoms with Gasteiger partial charge in [0.2, 0.25) is 5.13 Å². The molecule has 0 spiro atoms. The Hall–Kier alpha value is -1.21. The average Bonchev–Trinajstić information content (AvgIpc) is 3.01. The fraction of sp³-hybridized carbons (Fsp3) is 0.824. The van der Waals surface area contributed by atoms with Crippen molar-refractivity contribution in [1.29, 1.82) is 0 Å². The van der Waals surface area contributed by atoms with Crippen LogP contribution in [0.2, 0.25) is 0 Å². The Bertz CT molecular complexity index is 577. The molecule has 1 aromatic heterocycles. The van der Waals surface area contributed by atoms with Gasteiger partial charge in [0.25, 0.3) is 0 Å². The number of carboxylic acid groups (broad SMARTS) is 1. The number of aliphatic carboxylic acids is 1. The highest BCUT2D eigenvalue weighted by molar-refractivity contribution is 7.09. The molecule has 132 valence electrons. The van der Waals surface area contributed by atoms with Gasteiger partial charge in [0, 0.05) is 36.1 Å². The van der Waals surface area contributed by atoms with Crippen LogP contribution in [0.1, 0.15) is 63.1 Å². The van der Waals surface area contributed by atoms with Gasteiger partial charge >= 0.3 is 5.97 Å². The lowest BCUT2D eigenvalue weighted by Crippen LogP contribution is -2.52. The molecule has 4 rings (SSSR count). The Morgan fingerprint density at radius 1 is 1.25 bits per heavy atom. The van der Waals surface area contributed by atoms with Crippen LogP contribution in [0, 0.1) is 5.92 Å². The van der Waals surface area contributed by atoms with Crippen LogP contribution >= 0.6 is 11.5 Å². The third kappa shape index (κ3) is 3.88. The number of nitrogens with zero attached hydrogens (tertiary/aromatic N) is 3. The molecule has 0 amide bonds. The summed E-state index contributed by atoms with van der Waals surface area (Å²) in [6, 6.07) is 0.816. The summed E-state index contributed by atoms with van der Waals surface area (Å²) in [6.45, 7) is 1.13. The van der Waals surface area contributed by atoms with E-state index in [1.165, 1.54) is 50.1 Å². The van der Waals surface area contributed by atoms with Crippen molar-refractivity contribution in [1.82, 2.24) is 14.3 Å². The molecule has 0 aromatic carbocycles. The second-order valence-electron chi connectivity index (χ2n) is 7.67. The van der Waals surface area contributed by atoms with E-state index in [-0.39, 0.29) is 6.54 Å². The molecule has 0 saturated heterocycles. The lowest BCUT2D eigenvalue weighted by atomic mass is 9.85. The molecule has 3 saturated carbocycles. The Morgan fingerprint density at radius 3 is 2.67 bits per heavy atom. The van der Waals surface area contributed by atoms with E-state index in [1.54, 1.807) is 0 Å². The van der Waals surface area contributed by atoms with Crippen LogP contribution in [0.5, 0.6) is 0 Å². The van der Waals surface area contributed by atoms with Gasteiger partial charge in [-0.1, -0.05) is 12.8 Å². The van der Waals surface area contributed by atoms with E-state index in [0.29, 0.717) is 18.0 Å². The number of aromatic nitrogens is 2. The monoisotopic (exact) mass is 350 g/mol. The van der Waals surface area contributed by atoms with Crippen molar-refractivity contribution in [3.8, 4) is 0 Å². The highest BCUT2D eigenvalue weighted by Crippen LogP contribution is 2.36. The molecule has 3 aliphatic carbocycles. The number of rotatable bonds is 8. The van der Waals surface area contributed by atoms with Crippen molar-refractivity contribution in [3.63, 3.8) is 0 Å². The van der Waals surface area contributed by atoms with Crippen LogP contribution in [0.3, 0.4) is 0 Å². The SMILES string of the molecule is O=C(O)CN(CC1CC1)C1CC(Nc2nc(C3CCCC3)ns2)C1. The first-order chi connectivity index (χ1) is 11.7. The number of carbonyl (C=O) groups is 1. The predicted octanol–water partition coefficient (Wildman–Crippen LogP) is 2.94. The highest BCUT2D eigenvalue weighted by atomic mass is 32.1. The molecule has 1 heterocycles. The van der Waals surface area contributed by atoms with E-state index >= 15 is 0 Å². The fourth-order valence-corrected chi connectivity index (χ4v) is 4.69. The minimum absolute atomic E-state index is 0.179. The minimum Gasteiger partial charge on any atom is -0.480 e. The smallest absolute Gasteiger partial charge is 0.317 e. The van der Waals surface area contributed by atoms with E-state index in [2.05, 4.69) is 19.6 Å². The van der Waals surface area contributed by atoms with Crippen LogP contribution in [0.25, 0.3) is 0 Å². The average molecular weight is 350 g/mol. The summed E-state index contributed by atoms with van der Waals surface area (Å²) in [5.74, 6) is 1.61. The third-order valence-electron chi connectivity index (χ3n) is 5.65. The largest absolute Gasteiger partial charge is 0.480 e. The van der Waals surface area contributed by atoms with Gasteiger partial charge in [0.15, 0.2) is 0 Å². The maximum absolute atomic E-state index is 11.1. The van der Waals surface area contributed by atoms with Crippen LogP contribution in [-0.2, 0) is 4.79 Å². The summed E-state index contributed by atoms with van der Waals surface area (Å²) >= 11 is 1.47. The number of anilines is 1. The van der Waals surface area contributed by atoms with Crippen LogP contribution in [-0.4, -0.2) is 50.5 Å². The number of hydrogen-bond acceptors (Lipinski definition) is 6. The van der Waals surface area contributed by atoms with Gasteiger partial charge in [0.05, 0.1) is 6.54 Å². The van der Waals surface area contributed by atoms with Crippen molar-refractivity contribution in [2.24, 2.45) is 5.92 Å². The molecule has 0 bridgehead atoms. The van der Waals surface area contributed by atoms with Crippen molar-refractivity contribution < 1.29 is 9.90 Å². The Labute approximate surface area is 146 Å². The third-order valence-corrected chi connectivity index (χ3v) is 6.31. The van der Waals surface area contributed by atoms with Crippen molar-refractivity contribution >= 4 is 22.6 Å². The molecule has 0 aliphatic heterocycles. The molecule has 7 heteroatoms. The first-order valence-electron chi connectivity index (χ1n) is 9.23. The van der Waals surface area contributed by atoms with Gasteiger partial charge in [0.1, 0.15) is 5.82 Å². The standard InChI is InChI=1S/C17H26N4O2S/c22-15(23)10-21(9-11-5-6-11)14-7-13(8-14)18-17-19-16(20-24-17)12-3-1-2-4-12/h11-14H,1-10H2,(H,22,23)(H,18,19,20). The van der Waals surface area contributed by atoms with E-state index in [4.69, 9.17) is 5.11 Å². The Morgan fingerprint density at radius 2 is 2.00 bits per heavy atom. The summed E-state index contributed by atoms with van der Waals surface area (Å²) in [7, 11) is 0. The number of hydrogen-bond donors (Lipinski definition) is 2. The van der Waals surface area contributed by atoms with Crippen molar-refractivity contribution in [3.05, 3.63) is 5.82 Å². The molecule has 3 fully saturated rings. The molecule has 6 nitrogen and oxygen atoms in total. The molecule has 2 N–H and O–H groups in total. The fourth-order valence-electron chi connectivity index (χ4n) is 3.97. The maximum Gasteiger partial charge on any atom is 0.317 e. The van der Waals surface area contributed by atoms with Gasteiger partial charge < -0.3 is 10.4 Å². The summed E-state index contributed by atoms with van der Waals surface area (Å²) in [4.78, 5) is 17.9. The summed E-state index contributed by atoms with van der Waals surface area (Å²) < 4.78 is 4.53. The normalized spacial score (nSPS) is 27.4. The molecule has 24 heavy (non-hydrogen) atoms. The second kappa shape index (κ2) is 6.96. The zero-order valence-electron chi connectivity index (χ0n) is 14.0. The molecule has 0 atom stereocenters. The van der Waals surface area contributed by atoms with Crippen LogP contribution in [0.4, 0.5) is 5.13 Å². The summed E-state index contributed by atoms with van der Waals surface area (Å²) in [6.07, 6.45) is 9.61. The van der Waals surface area contributed by atoms with E-state index in [0.717, 1.165) is 36.3 Å². The van der Waals surface area contributed by atoms with Gasteiger partial charge in [-0.15, -0.1) is 0 Å². The lowest BCUT2D eigenvalue weighted by molar-refractivity contribution is -0.139. The summed E-state index contributed by atoms with van der Waals surface area (Å²) in [5, 5.41) is 13.6. The second-order valence-corrected chi connectivity index (χ2v) is 8.42. The predicted molar refractivity (Wildman–Crippen MR) is 93.5 cm³/mol. The highest BCUT2D eigenvalue weighted by Gasteiger charge is 2.37. The van der Waals surface area contributed by atoms with E-state index in [1.807, 2.05) is 0 Å². The quantitative estimate of drug-likeness (QED) is 0.750. The maximum atomic E-state index is 11.1. The number of carboxylic acids is 1. The molecular formula is C17H26N4O2S. The van der Waals surface area contributed by atoms with Gasteiger partial charge in [-0.05, 0) is 44.4 Å². The topological polar surface area (TPSA) is 78.4 Å². The molecule has 3 aliphatic rings. The Kier molecular flexibility index (Phi) is 4.72. The van der Waals surface area contributed by atoms with Gasteiger partial charge in [-0.3, -0.25) is 9.69 Å². The van der Waals surface area contributed by atoms with Crippen molar-refractivity contribution in [2.45, 2.75) is 69.4 Å². The van der Waals surface area contributed by atoms with E-state index < -0.39 is 5.97 Å². The molecule has 1 aromatic rings. The first kappa shape index (κ1) is 16.3. The van der Waals surface area contributed by atoms with Crippen LogP contribution in [0.15, 0.2) is 0 Å². The zero-order chi connectivity index (χ0) is 16.5. The number of nitrogens with one attached hydrogen (secondary N) is 1. The Balaban J connectivity index is 1.26. The first-order valence-corrected chi connectivity index (χ1v) is 10.0. The lowest BCUT2D eigenvalue weighted by Gasteiger charge is -2.42. The van der Waals surface area contributed by atoms with Crippen molar-refractivity contribution in [2.75, 3.05) is 18.4 Å². The van der Waals surface area contributed by atoms with Gasteiger partial charge in [-0.2, -0.15) is 4.37 Å². The molecular weight excluding hydrogens is 324 g/mol. The minimum atomic E-state index is -0.711. The zero-order valence-corrected chi connectivity index (χ0v) is 14.8. The van der Waals surface area contributed by atoms with Gasteiger partial charge in [-0.25, -0.2) is 4.98 Å². The summed E-state index contributed by atoms with van der Waals surface area (Å²) in [5.41, 5.74) is 0. The van der Waals surface area contributed by atoms with E-state index in [9.17, 15) is 4.79 Å².